The van der Waals surface area contributed by atoms with E-state index in [1.54, 1.807) is 54.1 Å². The largest absolute Gasteiger partial charge is 0.493 e. The van der Waals surface area contributed by atoms with E-state index in [0.717, 1.165) is 12.8 Å². The van der Waals surface area contributed by atoms with Crippen molar-refractivity contribution >= 4 is 28.6 Å². The number of esters is 1. The van der Waals surface area contributed by atoms with Crippen LogP contribution in [0.3, 0.4) is 0 Å². The number of carbonyl (C=O) groups is 2. The maximum absolute atomic E-state index is 13.6. The zero-order valence-electron chi connectivity index (χ0n) is 21.9. The van der Waals surface area contributed by atoms with Crippen LogP contribution in [-0.4, -0.2) is 59.4 Å². The van der Waals surface area contributed by atoms with Crippen LogP contribution in [0.5, 0.6) is 11.5 Å². The number of hydrogen-bond donors (Lipinski definition) is 0. The van der Waals surface area contributed by atoms with Crippen LogP contribution >= 0.6 is 0 Å². The van der Waals surface area contributed by atoms with Gasteiger partial charge in [0.25, 0.3) is 11.5 Å². The van der Waals surface area contributed by atoms with E-state index in [4.69, 9.17) is 23.9 Å². The molecular weight excluding hydrogens is 504 g/mol. The summed E-state index contributed by atoms with van der Waals surface area (Å²) in [5.41, 5.74) is 0.438. The molecule has 0 radical (unpaired) electrons. The molecule has 1 aromatic carbocycles. The lowest BCUT2D eigenvalue weighted by molar-refractivity contribution is 0.0521. The van der Waals surface area contributed by atoms with Gasteiger partial charge in [0.15, 0.2) is 17.0 Å². The number of carbonyl (C=O) groups excluding carboxylic acids is 2. The third-order valence-electron chi connectivity index (χ3n) is 6.54. The fourth-order valence-corrected chi connectivity index (χ4v) is 4.73. The van der Waals surface area contributed by atoms with Gasteiger partial charge in [-0.2, -0.15) is 4.99 Å². The third-order valence-corrected chi connectivity index (χ3v) is 6.54. The molecule has 11 nitrogen and oxygen atoms in total. The minimum absolute atomic E-state index is 0.0125. The molecule has 0 saturated carbocycles. The molecule has 1 saturated heterocycles. The van der Waals surface area contributed by atoms with Gasteiger partial charge in [0.05, 0.1) is 44.4 Å². The van der Waals surface area contributed by atoms with Crippen molar-refractivity contribution in [3.63, 3.8) is 0 Å². The summed E-state index contributed by atoms with van der Waals surface area (Å²) in [6.45, 7) is 2.58. The summed E-state index contributed by atoms with van der Waals surface area (Å²) in [5.74, 6) is -0.826. The monoisotopic (exact) mass is 532 g/mol. The highest BCUT2D eigenvalue weighted by molar-refractivity contribution is 5.99. The topological polar surface area (TPSA) is 123 Å². The number of methoxy groups -OCH3 is 2. The van der Waals surface area contributed by atoms with Gasteiger partial charge < -0.3 is 23.5 Å². The molecule has 1 aliphatic rings. The Balaban J connectivity index is 1.86. The van der Waals surface area contributed by atoms with Crippen molar-refractivity contribution in [2.24, 2.45) is 4.99 Å². The van der Waals surface area contributed by atoms with Crippen LogP contribution in [0.4, 0.5) is 0 Å². The number of rotatable bonds is 7. The van der Waals surface area contributed by atoms with Crippen molar-refractivity contribution in [3.8, 4) is 11.5 Å². The van der Waals surface area contributed by atoms with Gasteiger partial charge in [0, 0.05) is 12.8 Å². The fraction of sp³-hybridized carbons (Fsp3) is 0.321. The Morgan fingerprint density at radius 2 is 1.97 bits per heavy atom. The van der Waals surface area contributed by atoms with E-state index in [9.17, 15) is 14.4 Å². The number of amides is 1. The van der Waals surface area contributed by atoms with Gasteiger partial charge in [-0.25, -0.2) is 9.78 Å². The van der Waals surface area contributed by atoms with Crippen molar-refractivity contribution in [2.75, 3.05) is 27.4 Å². The van der Waals surface area contributed by atoms with E-state index in [-0.39, 0.29) is 58.2 Å². The van der Waals surface area contributed by atoms with Crippen LogP contribution in [0.2, 0.25) is 0 Å². The zero-order chi connectivity index (χ0) is 27.5. The highest BCUT2D eigenvalue weighted by Crippen LogP contribution is 2.31. The first-order valence-corrected chi connectivity index (χ1v) is 12.6. The first-order chi connectivity index (χ1) is 19.0. The summed E-state index contributed by atoms with van der Waals surface area (Å²) in [7, 11) is 2.89. The molecule has 0 unspecified atom stereocenters. The number of hydrogen-bond acceptors (Lipinski definition) is 8. The van der Waals surface area contributed by atoms with Gasteiger partial charge in [-0.15, -0.1) is 0 Å². The van der Waals surface area contributed by atoms with Gasteiger partial charge in [-0.1, -0.05) is 12.1 Å². The molecule has 11 heteroatoms. The fourth-order valence-electron chi connectivity index (χ4n) is 4.73. The predicted molar refractivity (Wildman–Crippen MR) is 141 cm³/mol. The molecule has 202 valence electrons. The molecule has 0 N–H and O–H groups in total. The van der Waals surface area contributed by atoms with Crippen molar-refractivity contribution in [1.29, 1.82) is 0 Å². The lowest BCUT2D eigenvalue weighted by atomic mass is 10.1. The minimum Gasteiger partial charge on any atom is -0.493 e. The van der Waals surface area contributed by atoms with E-state index in [1.165, 1.54) is 24.7 Å². The van der Waals surface area contributed by atoms with Crippen LogP contribution < -0.4 is 20.5 Å². The Morgan fingerprint density at radius 3 is 2.69 bits per heavy atom. The summed E-state index contributed by atoms with van der Waals surface area (Å²) in [4.78, 5) is 49.5. The summed E-state index contributed by atoms with van der Waals surface area (Å²) in [6.07, 6.45) is 3.02. The van der Waals surface area contributed by atoms with Crippen LogP contribution in [0, 0.1) is 0 Å². The lowest BCUT2D eigenvalue weighted by Gasteiger charge is -2.18. The van der Waals surface area contributed by atoms with E-state index in [0.29, 0.717) is 18.0 Å². The van der Waals surface area contributed by atoms with Gasteiger partial charge in [-0.3, -0.25) is 14.0 Å². The maximum Gasteiger partial charge on any atom is 0.341 e. The van der Waals surface area contributed by atoms with E-state index in [1.807, 2.05) is 0 Å². The Bertz CT molecular complexity index is 1700. The quantitative estimate of drug-likeness (QED) is 0.263. The highest BCUT2D eigenvalue weighted by atomic mass is 16.5. The second kappa shape index (κ2) is 11.1. The number of para-hydroxylation sites is 1. The van der Waals surface area contributed by atoms with E-state index >= 15 is 0 Å². The lowest BCUT2D eigenvalue weighted by Crippen LogP contribution is -2.35. The molecule has 5 rings (SSSR count). The molecule has 1 amide bonds. The average molecular weight is 533 g/mol. The maximum atomic E-state index is 13.6. The summed E-state index contributed by atoms with van der Waals surface area (Å²) < 4.78 is 25.0. The second-order valence-electron chi connectivity index (χ2n) is 8.89. The van der Waals surface area contributed by atoms with Crippen molar-refractivity contribution in [2.45, 2.75) is 32.4 Å². The normalized spacial score (nSPS) is 15.6. The van der Waals surface area contributed by atoms with Crippen LogP contribution in [0.1, 0.15) is 40.5 Å². The Morgan fingerprint density at radius 1 is 1.13 bits per heavy atom. The predicted octanol–water partition coefficient (Wildman–Crippen LogP) is 2.76. The van der Waals surface area contributed by atoms with Gasteiger partial charge in [0.1, 0.15) is 16.9 Å². The van der Waals surface area contributed by atoms with Crippen molar-refractivity contribution in [3.05, 3.63) is 75.6 Å². The van der Waals surface area contributed by atoms with Crippen LogP contribution in [-0.2, 0) is 16.0 Å². The van der Waals surface area contributed by atoms with Gasteiger partial charge >= 0.3 is 5.97 Å². The second-order valence-corrected chi connectivity index (χ2v) is 8.89. The van der Waals surface area contributed by atoms with Crippen LogP contribution in [0.15, 0.2) is 58.4 Å². The molecule has 1 aliphatic heterocycles. The van der Waals surface area contributed by atoms with Gasteiger partial charge in [0.2, 0.25) is 0 Å². The highest BCUT2D eigenvalue weighted by Gasteiger charge is 2.25. The minimum atomic E-state index is -0.720. The molecule has 1 fully saturated rings. The molecule has 0 aliphatic carbocycles. The van der Waals surface area contributed by atoms with Gasteiger partial charge in [-0.05, 0) is 50.1 Å². The molecular formula is C28H28N4O7. The summed E-state index contributed by atoms with van der Waals surface area (Å²) >= 11 is 0. The van der Waals surface area contributed by atoms with E-state index in [2.05, 4.69) is 4.99 Å². The van der Waals surface area contributed by atoms with Crippen LogP contribution in [0.25, 0.3) is 16.7 Å². The number of nitrogens with zero attached hydrogens (tertiary/aromatic N) is 4. The zero-order valence-corrected chi connectivity index (χ0v) is 21.9. The smallest absolute Gasteiger partial charge is 0.341 e. The Labute approximate surface area is 223 Å². The van der Waals surface area contributed by atoms with E-state index < -0.39 is 11.9 Å². The van der Waals surface area contributed by atoms with Crippen molar-refractivity contribution < 1.29 is 28.5 Å². The third kappa shape index (κ3) is 4.88. The molecule has 0 spiro atoms. The number of ether oxygens (including phenoxy) is 4. The molecule has 4 heterocycles. The molecule has 39 heavy (non-hydrogen) atoms. The standard InChI is InChI=1S/C28H28N4O7/c1-4-38-28(35)20-15-19-24(29-22-12-5-6-13-31(22)27(19)34)32(16-17-9-8-14-39-17)25(20)30-26(33)18-10-7-11-21(36-2)23(18)37-3/h5-7,10-13,15,17H,4,8-9,14,16H2,1-3H3/t17-/m1/s1. The molecule has 3 aromatic heterocycles. The first-order valence-electron chi connectivity index (χ1n) is 12.6. The summed E-state index contributed by atoms with van der Waals surface area (Å²) in [5, 5.41) is 0.185. The molecule has 0 bridgehead atoms. The molecule has 4 aromatic rings. The molecule has 1 atom stereocenters. The Kier molecular flexibility index (Phi) is 7.42. The number of benzene rings is 1. The number of aromatic nitrogens is 3. The first kappa shape index (κ1) is 26.1. The van der Waals surface area contributed by atoms with Crippen molar-refractivity contribution in [1.82, 2.24) is 14.0 Å². The summed E-state index contributed by atoms with van der Waals surface area (Å²) in [6, 6.07) is 11.5. The average Bonchev–Trinajstić information content (AvgIpc) is 3.47. The number of fused-ring (bicyclic) bond motifs is 2. The Hall–Kier alpha value is -4.51. The SMILES string of the molecule is CCOC(=O)c1cc2c(=O)n3ccccc3nc2n(C[C@H]2CCCO2)c1=NC(=O)c1cccc(OC)c1OC. The number of pyridine rings is 2.